The van der Waals surface area contributed by atoms with Gasteiger partial charge in [0.2, 0.25) is 0 Å². The van der Waals surface area contributed by atoms with Crippen molar-refractivity contribution < 1.29 is 0 Å². The highest BCUT2D eigenvalue weighted by Crippen LogP contribution is 2.23. The van der Waals surface area contributed by atoms with Crippen molar-refractivity contribution in [1.82, 2.24) is 4.90 Å². The molecular weight excluding hydrogens is 286 g/mol. The second-order valence-electron chi connectivity index (χ2n) is 6.03. The van der Waals surface area contributed by atoms with Crippen molar-refractivity contribution >= 4 is 15.9 Å². The number of hydrogen-bond donors (Lipinski definition) is 0. The fourth-order valence-corrected chi connectivity index (χ4v) is 3.58. The second kappa shape index (κ2) is 10.3. The van der Waals surface area contributed by atoms with E-state index in [1.54, 1.807) is 0 Å². The smallest absolute Gasteiger partial charge is 0.00697 e. The van der Waals surface area contributed by atoms with Crippen LogP contribution in [0.1, 0.15) is 78.1 Å². The summed E-state index contributed by atoms with van der Waals surface area (Å²) in [5.74, 6) is 0. The molecule has 0 spiro atoms. The van der Waals surface area contributed by atoms with Crippen molar-refractivity contribution in [2.24, 2.45) is 0 Å². The average molecular weight is 318 g/mol. The average Bonchev–Trinajstić information content (AvgIpc) is 2.35. The maximum Gasteiger partial charge on any atom is 0.00697 e. The highest BCUT2D eigenvalue weighted by Gasteiger charge is 2.23. The normalized spacial score (nSPS) is 25.5. The van der Waals surface area contributed by atoms with Gasteiger partial charge in [-0.1, -0.05) is 54.5 Å². The Balaban J connectivity index is 1.96. The predicted molar refractivity (Wildman–Crippen MR) is 85.6 cm³/mol. The SMILES string of the molecule is C[C@@H]1CCC[C@H](C)N1CCCCCCCCCBr. The molecule has 1 aliphatic rings. The topological polar surface area (TPSA) is 3.24 Å². The number of piperidine rings is 1. The minimum absolute atomic E-state index is 0.827. The number of nitrogens with zero attached hydrogens (tertiary/aromatic N) is 1. The molecule has 2 heteroatoms. The number of rotatable bonds is 9. The highest BCUT2D eigenvalue weighted by atomic mass is 79.9. The molecule has 0 aromatic heterocycles. The van der Waals surface area contributed by atoms with E-state index in [0.29, 0.717) is 0 Å². The van der Waals surface area contributed by atoms with Crippen molar-refractivity contribution in [3.8, 4) is 0 Å². The molecule has 0 bridgehead atoms. The van der Waals surface area contributed by atoms with E-state index in [-0.39, 0.29) is 0 Å². The first kappa shape index (κ1) is 16.5. The van der Waals surface area contributed by atoms with Crippen LogP contribution in [0.2, 0.25) is 0 Å². The van der Waals surface area contributed by atoms with Crippen LogP contribution in [0.15, 0.2) is 0 Å². The van der Waals surface area contributed by atoms with Gasteiger partial charge in [0.15, 0.2) is 0 Å². The van der Waals surface area contributed by atoms with Gasteiger partial charge in [-0.05, 0) is 46.1 Å². The largest absolute Gasteiger partial charge is 0.298 e. The lowest BCUT2D eigenvalue weighted by atomic mass is 9.97. The van der Waals surface area contributed by atoms with Crippen LogP contribution in [0.4, 0.5) is 0 Å². The van der Waals surface area contributed by atoms with Gasteiger partial charge in [-0.2, -0.15) is 0 Å². The van der Waals surface area contributed by atoms with E-state index in [1.165, 1.54) is 76.1 Å². The molecule has 1 heterocycles. The molecule has 108 valence electrons. The van der Waals surface area contributed by atoms with Gasteiger partial charge >= 0.3 is 0 Å². The summed E-state index contributed by atoms with van der Waals surface area (Å²) in [6.07, 6.45) is 14.2. The summed E-state index contributed by atoms with van der Waals surface area (Å²) in [5.41, 5.74) is 0. The van der Waals surface area contributed by atoms with Crippen LogP contribution in [-0.4, -0.2) is 28.9 Å². The molecular formula is C16H32BrN. The van der Waals surface area contributed by atoms with Crippen molar-refractivity contribution in [3.05, 3.63) is 0 Å². The molecule has 1 aliphatic heterocycles. The minimum atomic E-state index is 0.827. The number of unbranched alkanes of at least 4 members (excludes halogenated alkanes) is 6. The molecule has 0 saturated carbocycles. The molecule has 1 saturated heterocycles. The Morgan fingerprint density at radius 2 is 1.33 bits per heavy atom. The van der Waals surface area contributed by atoms with Gasteiger partial charge in [0.1, 0.15) is 0 Å². The van der Waals surface area contributed by atoms with Gasteiger partial charge in [0.25, 0.3) is 0 Å². The summed E-state index contributed by atoms with van der Waals surface area (Å²) in [5, 5.41) is 1.18. The first-order valence-corrected chi connectivity index (χ1v) is 9.19. The van der Waals surface area contributed by atoms with Crippen LogP contribution in [0, 0.1) is 0 Å². The van der Waals surface area contributed by atoms with Crippen LogP contribution in [0.5, 0.6) is 0 Å². The van der Waals surface area contributed by atoms with E-state index < -0.39 is 0 Å². The maximum atomic E-state index is 3.49. The van der Waals surface area contributed by atoms with Gasteiger partial charge in [-0.25, -0.2) is 0 Å². The molecule has 0 radical (unpaired) electrons. The van der Waals surface area contributed by atoms with E-state index in [2.05, 4.69) is 34.7 Å². The third-order valence-corrected chi connectivity index (χ3v) is 4.99. The third kappa shape index (κ3) is 6.56. The lowest BCUT2D eigenvalue weighted by Crippen LogP contribution is -2.44. The second-order valence-corrected chi connectivity index (χ2v) is 6.82. The van der Waals surface area contributed by atoms with Crippen LogP contribution in [0.3, 0.4) is 0 Å². The Kier molecular flexibility index (Phi) is 9.40. The zero-order valence-corrected chi connectivity index (χ0v) is 14.1. The van der Waals surface area contributed by atoms with Crippen molar-refractivity contribution in [2.45, 2.75) is 90.1 Å². The van der Waals surface area contributed by atoms with Gasteiger partial charge in [0, 0.05) is 17.4 Å². The molecule has 0 amide bonds. The molecule has 1 nitrogen and oxygen atoms in total. The van der Waals surface area contributed by atoms with Gasteiger partial charge in [-0.3, -0.25) is 4.90 Å². The van der Waals surface area contributed by atoms with E-state index in [9.17, 15) is 0 Å². The summed E-state index contributed by atoms with van der Waals surface area (Å²) in [7, 11) is 0. The summed E-state index contributed by atoms with van der Waals surface area (Å²) >= 11 is 3.49. The summed E-state index contributed by atoms with van der Waals surface area (Å²) in [6, 6.07) is 1.65. The Bertz CT molecular complexity index is 186. The summed E-state index contributed by atoms with van der Waals surface area (Å²) in [4.78, 5) is 2.74. The molecule has 0 aromatic rings. The minimum Gasteiger partial charge on any atom is -0.298 e. The van der Waals surface area contributed by atoms with E-state index >= 15 is 0 Å². The van der Waals surface area contributed by atoms with Crippen molar-refractivity contribution in [3.63, 3.8) is 0 Å². The van der Waals surface area contributed by atoms with Crippen molar-refractivity contribution in [1.29, 1.82) is 0 Å². The molecule has 1 rings (SSSR count). The van der Waals surface area contributed by atoms with Gasteiger partial charge in [0.05, 0.1) is 0 Å². The monoisotopic (exact) mass is 317 g/mol. The molecule has 18 heavy (non-hydrogen) atoms. The van der Waals surface area contributed by atoms with E-state index in [1.807, 2.05) is 0 Å². The standard InChI is InChI=1S/C16H32BrN/c1-15-11-10-12-16(2)18(15)14-9-7-5-3-4-6-8-13-17/h15-16H,3-14H2,1-2H3/t15-,16+. The maximum absolute atomic E-state index is 3.49. The van der Waals surface area contributed by atoms with Crippen LogP contribution in [-0.2, 0) is 0 Å². The molecule has 1 fully saturated rings. The van der Waals surface area contributed by atoms with Crippen LogP contribution in [0.25, 0.3) is 0 Å². The number of halogens is 1. The number of alkyl halides is 1. The Morgan fingerprint density at radius 1 is 0.833 bits per heavy atom. The molecule has 0 unspecified atom stereocenters. The van der Waals surface area contributed by atoms with E-state index in [4.69, 9.17) is 0 Å². The summed E-state index contributed by atoms with van der Waals surface area (Å²) < 4.78 is 0. The fourth-order valence-electron chi connectivity index (χ4n) is 3.19. The summed E-state index contributed by atoms with van der Waals surface area (Å²) in [6.45, 7) is 6.16. The number of likely N-dealkylation sites (tertiary alicyclic amines) is 1. The first-order valence-electron chi connectivity index (χ1n) is 8.07. The zero-order valence-electron chi connectivity index (χ0n) is 12.5. The first-order chi connectivity index (χ1) is 8.75. The molecule has 2 atom stereocenters. The Morgan fingerprint density at radius 3 is 1.89 bits per heavy atom. The quantitative estimate of drug-likeness (QED) is 0.408. The predicted octanol–water partition coefficient (Wildman–Crippen LogP) is 5.37. The molecule has 0 N–H and O–H groups in total. The lowest BCUT2D eigenvalue weighted by molar-refractivity contribution is 0.101. The van der Waals surface area contributed by atoms with Crippen molar-refractivity contribution in [2.75, 3.05) is 11.9 Å². The molecule has 0 aromatic carbocycles. The van der Waals surface area contributed by atoms with Crippen LogP contribution >= 0.6 is 15.9 Å². The molecule has 0 aliphatic carbocycles. The third-order valence-electron chi connectivity index (χ3n) is 4.43. The zero-order chi connectivity index (χ0) is 13.2. The van der Waals surface area contributed by atoms with Gasteiger partial charge in [-0.15, -0.1) is 0 Å². The number of hydrogen-bond acceptors (Lipinski definition) is 1. The highest BCUT2D eigenvalue weighted by molar-refractivity contribution is 9.09. The van der Waals surface area contributed by atoms with Crippen LogP contribution < -0.4 is 0 Å². The fraction of sp³-hybridized carbons (Fsp3) is 1.00. The van der Waals surface area contributed by atoms with Gasteiger partial charge < -0.3 is 0 Å². The Labute approximate surface area is 123 Å². The Hall–Kier alpha value is 0.440. The lowest BCUT2D eigenvalue weighted by Gasteiger charge is -2.39. The van der Waals surface area contributed by atoms with E-state index in [0.717, 1.165) is 12.1 Å².